The molecule has 1 saturated heterocycles. The smallest absolute Gasteiger partial charge is 0.331 e. The van der Waals surface area contributed by atoms with Crippen molar-refractivity contribution in [2.45, 2.75) is 53.1 Å². The summed E-state index contributed by atoms with van der Waals surface area (Å²) in [5.74, 6) is -0.378. The second-order valence-corrected chi connectivity index (χ2v) is 10.9. The van der Waals surface area contributed by atoms with Crippen LogP contribution in [0, 0.1) is 27.6 Å². The zero-order chi connectivity index (χ0) is 24.7. The molecule has 5 unspecified atom stereocenters. The van der Waals surface area contributed by atoms with Gasteiger partial charge in [0.05, 0.1) is 31.5 Å². The molecule has 180 valence electrons. The van der Waals surface area contributed by atoms with Crippen molar-refractivity contribution in [3.8, 4) is 0 Å². The number of esters is 2. The first-order valence-corrected chi connectivity index (χ1v) is 11.6. The van der Waals surface area contributed by atoms with Gasteiger partial charge in [0.1, 0.15) is 17.6 Å². The predicted octanol–water partition coefficient (Wildman–Crippen LogP) is 4.81. The molecule has 1 spiro atoms. The van der Waals surface area contributed by atoms with Crippen LogP contribution in [0.3, 0.4) is 0 Å². The van der Waals surface area contributed by atoms with Crippen LogP contribution >= 0.6 is 0 Å². The lowest BCUT2D eigenvalue weighted by atomic mass is 9.46. The van der Waals surface area contributed by atoms with Gasteiger partial charge in [-0.05, 0) is 30.4 Å². The maximum atomic E-state index is 13.2. The Kier molecular flexibility index (Phi) is 4.65. The fraction of sp³-hybridized carbons (Fsp3) is 0.519. The summed E-state index contributed by atoms with van der Waals surface area (Å²) in [7, 11) is 1.35. The maximum Gasteiger partial charge on any atom is 0.331 e. The highest BCUT2D eigenvalue weighted by Crippen LogP contribution is 2.77. The number of cyclic esters (lactones) is 1. The molecule has 7 nitrogen and oxygen atoms in total. The van der Waals surface area contributed by atoms with Crippen LogP contribution in [0.4, 0.5) is 0 Å². The highest BCUT2D eigenvalue weighted by Gasteiger charge is 2.74. The predicted molar refractivity (Wildman–Crippen MR) is 121 cm³/mol. The minimum atomic E-state index is -0.855. The molecule has 0 radical (unpaired) electrons. The Bertz CT molecular complexity index is 1170. The van der Waals surface area contributed by atoms with E-state index < -0.39 is 45.6 Å². The minimum absolute atomic E-state index is 0.0427. The molecule has 2 aliphatic heterocycles. The average molecular weight is 467 g/mol. The number of fused-ring (bicyclic) bond motifs is 4. The van der Waals surface area contributed by atoms with Crippen LogP contribution in [-0.2, 0) is 28.6 Å². The van der Waals surface area contributed by atoms with E-state index in [0.29, 0.717) is 24.4 Å². The molecule has 3 heterocycles. The summed E-state index contributed by atoms with van der Waals surface area (Å²) in [5.41, 5.74) is -1.31. The summed E-state index contributed by atoms with van der Waals surface area (Å²) in [6, 6.07) is 1.81. The molecule has 7 heteroatoms. The van der Waals surface area contributed by atoms with Crippen LogP contribution in [0.5, 0.6) is 0 Å². The van der Waals surface area contributed by atoms with Crippen LogP contribution in [0.1, 0.15) is 58.6 Å². The van der Waals surface area contributed by atoms with Crippen LogP contribution in [0.25, 0.3) is 0 Å². The van der Waals surface area contributed by atoms with Gasteiger partial charge in [0.2, 0.25) is 0 Å². The van der Waals surface area contributed by atoms with Crippen molar-refractivity contribution in [2.75, 3.05) is 7.11 Å². The van der Waals surface area contributed by atoms with E-state index in [2.05, 4.69) is 13.5 Å². The number of carbonyl (C=O) groups excluding carboxylic acids is 3. The van der Waals surface area contributed by atoms with Gasteiger partial charge in [-0.15, -0.1) is 0 Å². The third-order valence-electron chi connectivity index (χ3n) is 9.19. The van der Waals surface area contributed by atoms with Gasteiger partial charge in [-0.3, -0.25) is 9.59 Å². The Morgan fingerprint density at radius 1 is 1.18 bits per heavy atom. The third-order valence-corrected chi connectivity index (χ3v) is 9.19. The van der Waals surface area contributed by atoms with Gasteiger partial charge in [0.25, 0.3) is 0 Å². The van der Waals surface area contributed by atoms with Crippen molar-refractivity contribution in [1.82, 2.24) is 0 Å². The SMILES string of the molecule is C=C1OC2=CC(=O)C(C)(C)C(CC(=O)OC)C2(C)C12CCC1(C)C2=CC(=O)OC1c1ccoc1. The van der Waals surface area contributed by atoms with E-state index in [-0.39, 0.29) is 12.2 Å². The quantitative estimate of drug-likeness (QED) is 0.590. The molecule has 0 amide bonds. The summed E-state index contributed by atoms with van der Waals surface area (Å²) in [4.78, 5) is 38.6. The molecule has 2 fully saturated rings. The first-order valence-electron chi connectivity index (χ1n) is 11.6. The number of rotatable bonds is 3. The van der Waals surface area contributed by atoms with Crippen molar-refractivity contribution in [3.63, 3.8) is 0 Å². The lowest BCUT2D eigenvalue weighted by Gasteiger charge is -2.53. The van der Waals surface area contributed by atoms with Crippen LogP contribution in [0.15, 0.2) is 58.8 Å². The molecule has 1 aromatic heterocycles. The number of hydrogen-bond donors (Lipinski definition) is 0. The fourth-order valence-electron chi connectivity index (χ4n) is 7.23. The summed E-state index contributed by atoms with van der Waals surface area (Å²) >= 11 is 0. The van der Waals surface area contributed by atoms with Gasteiger partial charge in [0.15, 0.2) is 5.78 Å². The lowest BCUT2D eigenvalue weighted by Crippen LogP contribution is -2.54. The normalized spacial score (nSPS) is 38.0. The van der Waals surface area contributed by atoms with Crippen molar-refractivity contribution >= 4 is 17.7 Å². The number of furan rings is 1. The molecule has 4 aliphatic rings. The monoisotopic (exact) mass is 466 g/mol. The molecule has 0 aromatic carbocycles. The molecular weight excluding hydrogens is 436 g/mol. The van der Waals surface area contributed by atoms with E-state index in [9.17, 15) is 14.4 Å². The van der Waals surface area contributed by atoms with Gasteiger partial charge >= 0.3 is 11.9 Å². The second-order valence-electron chi connectivity index (χ2n) is 10.9. The van der Waals surface area contributed by atoms with Gasteiger partial charge < -0.3 is 18.6 Å². The van der Waals surface area contributed by atoms with E-state index in [0.717, 1.165) is 11.1 Å². The Morgan fingerprint density at radius 2 is 1.91 bits per heavy atom. The molecule has 1 saturated carbocycles. The van der Waals surface area contributed by atoms with Crippen LogP contribution in [0.2, 0.25) is 0 Å². The molecule has 0 N–H and O–H groups in total. The van der Waals surface area contributed by atoms with Gasteiger partial charge in [-0.2, -0.15) is 0 Å². The first kappa shape index (κ1) is 22.7. The molecular formula is C27H30O7. The van der Waals surface area contributed by atoms with Gasteiger partial charge in [-0.25, -0.2) is 4.79 Å². The number of carbonyl (C=O) groups is 3. The summed E-state index contributed by atoms with van der Waals surface area (Å²) in [6.45, 7) is 12.2. The fourth-order valence-corrected chi connectivity index (χ4v) is 7.23. The highest BCUT2D eigenvalue weighted by atomic mass is 16.5. The molecule has 5 atom stereocenters. The van der Waals surface area contributed by atoms with Crippen molar-refractivity contribution < 1.29 is 33.0 Å². The first-order chi connectivity index (χ1) is 15.9. The summed E-state index contributed by atoms with van der Waals surface area (Å²) < 4.78 is 22.4. The van der Waals surface area contributed by atoms with Crippen molar-refractivity contribution in [2.24, 2.45) is 27.6 Å². The van der Waals surface area contributed by atoms with Crippen molar-refractivity contribution in [3.05, 3.63) is 60.0 Å². The van der Waals surface area contributed by atoms with Crippen LogP contribution < -0.4 is 0 Å². The number of ketones is 1. The highest BCUT2D eigenvalue weighted by molar-refractivity contribution is 5.97. The number of allylic oxidation sites excluding steroid dienone is 3. The third kappa shape index (κ3) is 2.55. The zero-order valence-electron chi connectivity index (χ0n) is 20.2. The molecule has 0 bridgehead atoms. The van der Waals surface area contributed by atoms with Crippen LogP contribution in [-0.4, -0.2) is 24.8 Å². The number of hydrogen-bond acceptors (Lipinski definition) is 7. The average Bonchev–Trinajstić information content (AvgIpc) is 3.46. The standard InChI is InChI=1S/C27H30O7/c1-15-27(9-8-25(4)18(27)12-22(30)34-23(25)16-7-10-32-14-16)26(5)17(11-21(29)31-6)24(2,3)19(28)13-20(26)33-15/h7,10,12-14,17,23H,1,8-9,11H2,2-6H3. The largest absolute Gasteiger partial charge is 0.472 e. The van der Waals surface area contributed by atoms with Crippen molar-refractivity contribution in [1.29, 1.82) is 0 Å². The maximum absolute atomic E-state index is 13.2. The van der Waals surface area contributed by atoms with Gasteiger partial charge in [-0.1, -0.05) is 34.3 Å². The lowest BCUT2D eigenvalue weighted by molar-refractivity contribution is -0.153. The van der Waals surface area contributed by atoms with E-state index >= 15 is 0 Å². The Balaban J connectivity index is 1.74. The second kappa shape index (κ2) is 6.96. The topological polar surface area (TPSA) is 92.0 Å². The van der Waals surface area contributed by atoms with E-state index in [1.54, 1.807) is 24.7 Å². The number of methoxy groups -OCH3 is 1. The Morgan fingerprint density at radius 3 is 2.56 bits per heavy atom. The Hall–Kier alpha value is -3.09. The molecule has 2 aliphatic carbocycles. The Labute approximate surface area is 198 Å². The van der Waals surface area contributed by atoms with Gasteiger partial charge in [0, 0.05) is 34.0 Å². The summed E-state index contributed by atoms with van der Waals surface area (Å²) in [5, 5.41) is 0. The van der Waals surface area contributed by atoms with E-state index in [1.807, 2.05) is 26.8 Å². The summed E-state index contributed by atoms with van der Waals surface area (Å²) in [6.07, 6.45) is 7.15. The van der Waals surface area contributed by atoms with E-state index in [1.165, 1.54) is 7.11 Å². The molecule has 1 aromatic rings. The zero-order valence-corrected chi connectivity index (χ0v) is 20.2. The molecule has 34 heavy (non-hydrogen) atoms. The molecule has 5 rings (SSSR count). The van der Waals surface area contributed by atoms with E-state index in [4.69, 9.17) is 18.6 Å². The minimum Gasteiger partial charge on any atom is -0.472 e. The number of ether oxygens (including phenoxy) is 3.